The highest BCUT2D eigenvalue weighted by Crippen LogP contribution is 2.35. The molecule has 2 aromatic rings. The van der Waals surface area contributed by atoms with Gasteiger partial charge in [0.2, 0.25) is 16.8 Å². The third-order valence-electron chi connectivity index (χ3n) is 4.09. The fraction of sp³-hybridized carbons (Fsp3) is 0.333. The van der Waals surface area contributed by atoms with Gasteiger partial charge in [0, 0.05) is 12.6 Å². The summed E-state index contributed by atoms with van der Waals surface area (Å²) >= 11 is 0. The molecule has 1 heterocycles. The molecule has 0 fully saturated rings. The zero-order valence-corrected chi connectivity index (χ0v) is 15.3. The normalized spacial score (nSPS) is 13.1. The van der Waals surface area contributed by atoms with Crippen molar-refractivity contribution in [1.29, 1.82) is 0 Å². The molecule has 0 radical (unpaired) electrons. The van der Waals surface area contributed by atoms with E-state index in [0.29, 0.717) is 22.1 Å². The van der Waals surface area contributed by atoms with Gasteiger partial charge < -0.3 is 14.2 Å². The van der Waals surface area contributed by atoms with Gasteiger partial charge in [0.15, 0.2) is 11.5 Å². The van der Waals surface area contributed by atoms with Gasteiger partial charge in [-0.15, -0.1) is 0 Å². The summed E-state index contributed by atoms with van der Waals surface area (Å²) in [4.78, 5) is 0.304. The van der Waals surface area contributed by atoms with Crippen LogP contribution in [0.5, 0.6) is 17.2 Å². The van der Waals surface area contributed by atoms with Gasteiger partial charge in [-0.05, 0) is 55.7 Å². The predicted octanol–water partition coefficient (Wildman–Crippen LogP) is 2.70. The van der Waals surface area contributed by atoms with E-state index in [1.54, 1.807) is 31.2 Å². The Morgan fingerprint density at radius 2 is 1.72 bits per heavy atom. The fourth-order valence-corrected chi connectivity index (χ4v) is 3.94. The number of ether oxygens (including phenoxy) is 3. The van der Waals surface area contributed by atoms with Crippen molar-refractivity contribution in [2.75, 3.05) is 19.9 Å². The predicted molar refractivity (Wildman–Crippen MR) is 93.9 cm³/mol. The standard InChI is InChI=1S/C18H21NO5S/c1-12-8-14(3)18(9-13(12)2)25(20,21)19-6-7-22-15-4-5-16-17(10-15)24-11-23-16/h4-5,8-10,19H,6-7,11H2,1-3H3. The Morgan fingerprint density at radius 3 is 2.52 bits per heavy atom. The van der Waals surface area contributed by atoms with E-state index in [1.165, 1.54) is 0 Å². The molecule has 0 unspecified atom stereocenters. The first-order valence-corrected chi connectivity index (χ1v) is 9.45. The van der Waals surface area contributed by atoms with Gasteiger partial charge >= 0.3 is 0 Å². The SMILES string of the molecule is Cc1cc(C)c(S(=O)(=O)NCCOc2ccc3c(c2)OCO3)cc1C. The molecule has 0 aromatic heterocycles. The van der Waals surface area contributed by atoms with Crippen LogP contribution in [-0.4, -0.2) is 28.4 Å². The van der Waals surface area contributed by atoms with Crippen LogP contribution in [0.25, 0.3) is 0 Å². The second-order valence-electron chi connectivity index (χ2n) is 5.96. The number of nitrogens with one attached hydrogen (secondary N) is 1. The molecule has 0 aliphatic carbocycles. The van der Waals surface area contributed by atoms with Gasteiger partial charge in [0.25, 0.3) is 0 Å². The van der Waals surface area contributed by atoms with E-state index in [4.69, 9.17) is 14.2 Å². The molecule has 1 aliphatic rings. The van der Waals surface area contributed by atoms with Crippen molar-refractivity contribution in [3.63, 3.8) is 0 Å². The maximum Gasteiger partial charge on any atom is 0.240 e. The number of fused-ring (bicyclic) bond motifs is 1. The molecular weight excluding hydrogens is 342 g/mol. The smallest absolute Gasteiger partial charge is 0.240 e. The first-order chi connectivity index (χ1) is 11.9. The summed E-state index contributed by atoms with van der Waals surface area (Å²) in [5.74, 6) is 1.91. The van der Waals surface area contributed by atoms with Crippen LogP contribution in [0.2, 0.25) is 0 Å². The lowest BCUT2D eigenvalue weighted by atomic mass is 10.1. The maximum atomic E-state index is 12.5. The summed E-state index contributed by atoms with van der Waals surface area (Å²) in [6.45, 7) is 6.24. The molecule has 0 amide bonds. The topological polar surface area (TPSA) is 73.9 Å². The van der Waals surface area contributed by atoms with Gasteiger partial charge in [-0.2, -0.15) is 0 Å². The number of benzene rings is 2. The quantitative estimate of drug-likeness (QED) is 0.799. The van der Waals surface area contributed by atoms with Crippen molar-refractivity contribution in [3.8, 4) is 17.2 Å². The van der Waals surface area contributed by atoms with Crippen LogP contribution in [0.4, 0.5) is 0 Å². The van der Waals surface area contributed by atoms with E-state index in [-0.39, 0.29) is 19.9 Å². The molecule has 7 heteroatoms. The van der Waals surface area contributed by atoms with Crippen molar-refractivity contribution in [1.82, 2.24) is 4.72 Å². The van der Waals surface area contributed by atoms with Gasteiger partial charge in [0.1, 0.15) is 12.4 Å². The second kappa shape index (κ2) is 6.93. The highest BCUT2D eigenvalue weighted by molar-refractivity contribution is 7.89. The Bertz CT molecular complexity index is 893. The van der Waals surface area contributed by atoms with E-state index < -0.39 is 10.0 Å². The van der Waals surface area contributed by atoms with Crippen molar-refractivity contribution < 1.29 is 22.6 Å². The summed E-state index contributed by atoms with van der Waals surface area (Å²) in [6, 6.07) is 8.83. The average molecular weight is 363 g/mol. The van der Waals surface area contributed by atoms with Crippen LogP contribution in [0, 0.1) is 20.8 Å². The van der Waals surface area contributed by atoms with E-state index in [9.17, 15) is 8.42 Å². The lowest BCUT2D eigenvalue weighted by Crippen LogP contribution is -2.29. The average Bonchev–Trinajstić information content (AvgIpc) is 3.02. The molecule has 6 nitrogen and oxygen atoms in total. The Labute approximate surface area is 147 Å². The van der Waals surface area contributed by atoms with E-state index in [2.05, 4.69) is 4.72 Å². The summed E-state index contributed by atoms with van der Waals surface area (Å²) in [7, 11) is -3.57. The third-order valence-corrected chi connectivity index (χ3v) is 5.69. The summed E-state index contributed by atoms with van der Waals surface area (Å²) in [5, 5.41) is 0. The summed E-state index contributed by atoms with van der Waals surface area (Å²) < 4.78 is 43.6. The Hall–Kier alpha value is -2.25. The van der Waals surface area contributed by atoms with Crippen molar-refractivity contribution >= 4 is 10.0 Å². The van der Waals surface area contributed by atoms with Crippen molar-refractivity contribution in [2.45, 2.75) is 25.7 Å². The molecule has 0 saturated carbocycles. The minimum Gasteiger partial charge on any atom is -0.492 e. The van der Waals surface area contributed by atoms with Crippen LogP contribution in [0.15, 0.2) is 35.2 Å². The van der Waals surface area contributed by atoms with Gasteiger partial charge in [-0.3, -0.25) is 0 Å². The minimum absolute atomic E-state index is 0.170. The van der Waals surface area contributed by atoms with Crippen LogP contribution in [-0.2, 0) is 10.0 Å². The number of hydrogen-bond donors (Lipinski definition) is 1. The largest absolute Gasteiger partial charge is 0.492 e. The number of aryl methyl sites for hydroxylation is 3. The molecule has 0 atom stereocenters. The number of sulfonamides is 1. The van der Waals surface area contributed by atoms with E-state index >= 15 is 0 Å². The van der Waals surface area contributed by atoms with Crippen molar-refractivity contribution in [2.24, 2.45) is 0 Å². The Morgan fingerprint density at radius 1 is 1.00 bits per heavy atom. The molecule has 0 spiro atoms. The van der Waals surface area contributed by atoms with E-state index in [0.717, 1.165) is 16.7 Å². The first kappa shape index (κ1) is 17.6. The Kier molecular flexibility index (Phi) is 4.87. The second-order valence-corrected chi connectivity index (χ2v) is 7.70. The third kappa shape index (κ3) is 3.88. The molecule has 3 rings (SSSR count). The number of hydrogen-bond acceptors (Lipinski definition) is 5. The molecular formula is C18H21NO5S. The summed E-state index contributed by atoms with van der Waals surface area (Å²) in [6.07, 6.45) is 0. The highest BCUT2D eigenvalue weighted by Gasteiger charge is 2.18. The molecule has 25 heavy (non-hydrogen) atoms. The minimum atomic E-state index is -3.57. The van der Waals surface area contributed by atoms with Gasteiger partial charge in [0.05, 0.1) is 4.90 Å². The van der Waals surface area contributed by atoms with Crippen LogP contribution in [0.1, 0.15) is 16.7 Å². The van der Waals surface area contributed by atoms with Crippen LogP contribution < -0.4 is 18.9 Å². The van der Waals surface area contributed by atoms with Crippen LogP contribution in [0.3, 0.4) is 0 Å². The first-order valence-electron chi connectivity index (χ1n) is 7.97. The van der Waals surface area contributed by atoms with E-state index in [1.807, 2.05) is 19.9 Å². The van der Waals surface area contributed by atoms with Crippen molar-refractivity contribution in [3.05, 3.63) is 47.0 Å². The monoisotopic (exact) mass is 363 g/mol. The maximum absolute atomic E-state index is 12.5. The summed E-state index contributed by atoms with van der Waals surface area (Å²) in [5.41, 5.74) is 2.75. The molecule has 0 saturated heterocycles. The van der Waals surface area contributed by atoms with Gasteiger partial charge in [-0.1, -0.05) is 6.07 Å². The Balaban J connectivity index is 1.59. The number of rotatable bonds is 6. The molecule has 0 bridgehead atoms. The highest BCUT2D eigenvalue weighted by atomic mass is 32.2. The molecule has 1 aliphatic heterocycles. The fourth-order valence-electron chi connectivity index (χ4n) is 2.61. The van der Waals surface area contributed by atoms with Gasteiger partial charge in [-0.25, -0.2) is 13.1 Å². The van der Waals surface area contributed by atoms with Crippen LogP contribution >= 0.6 is 0 Å². The molecule has 1 N–H and O–H groups in total. The lowest BCUT2D eigenvalue weighted by Gasteiger charge is -2.12. The lowest BCUT2D eigenvalue weighted by molar-refractivity contribution is 0.173. The zero-order chi connectivity index (χ0) is 18.0. The molecule has 134 valence electrons. The zero-order valence-electron chi connectivity index (χ0n) is 14.5. The molecule has 2 aromatic carbocycles.